The molecule has 2 N–H and O–H groups in total. The van der Waals surface area contributed by atoms with Crippen molar-refractivity contribution in [1.82, 2.24) is 35.0 Å². The molecule has 0 fully saturated rings. The van der Waals surface area contributed by atoms with E-state index in [1.807, 2.05) is 60.7 Å². The number of para-hydroxylation sites is 1. The van der Waals surface area contributed by atoms with Crippen LogP contribution in [0.5, 0.6) is 5.75 Å². The molecule has 0 atom stereocenters. The van der Waals surface area contributed by atoms with Crippen molar-refractivity contribution in [3.05, 3.63) is 106 Å². The van der Waals surface area contributed by atoms with Gasteiger partial charge in [0.05, 0.1) is 18.8 Å². The predicted octanol–water partition coefficient (Wildman–Crippen LogP) is 3.68. The Kier molecular flexibility index (Phi) is 7.70. The van der Waals surface area contributed by atoms with Gasteiger partial charge in [-0.05, 0) is 46.2 Å². The Morgan fingerprint density at radius 1 is 0.974 bits per heavy atom. The number of aryl methyl sites for hydroxylation is 1. The topological polar surface area (TPSA) is 124 Å². The van der Waals surface area contributed by atoms with E-state index in [-0.39, 0.29) is 12.3 Å². The minimum Gasteiger partial charge on any atom is -0.489 e. The molecule has 194 valence electrons. The molecule has 0 aliphatic heterocycles. The highest BCUT2D eigenvalue weighted by molar-refractivity contribution is 5.54. The summed E-state index contributed by atoms with van der Waals surface area (Å²) < 4.78 is 9.07. The van der Waals surface area contributed by atoms with E-state index >= 15 is 0 Å². The smallest absolute Gasteiger partial charge is 0.351 e. The third-order valence-electron chi connectivity index (χ3n) is 6.33. The maximum atomic E-state index is 13.4. The number of H-pyrrole nitrogens is 1. The van der Waals surface area contributed by atoms with E-state index in [0.29, 0.717) is 36.6 Å². The second-order valence-electron chi connectivity index (χ2n) is 8.97. The van der Waals surface area contributed by atoms with Gasteiger partial charge in [0.1, 0.15) is 18.2 Å². The van der Waals surface area contributed by atoms with Gasteiger partial charge in [0, 0.05) is 17.5 Å². The summed E-state index contributed by atoms with van der Waals surface area (Å²) in [7, 11) is 0. The number of nitrogens with one attached hydrogen (secondary N) is 1. The van der Waals surface area contributed by atoms with Crippen molar-refractivity contribution in [3.63, 3.8) is 0 Å². The maximum absolute atomic E-state index is 13.4. The SMILES string of the molecule is CCCCc1nn(-c2ccccc2CO)c(=O)n1Cc1ccc(OCc2ccc(-c3nnn[nH]3)cc2)cc1. The normalized spacial score (nSPS) is 11.1. The molecule has 0 spiro atoms. The zero-order chi connectivity index (χ0) is 26.3. The van der Waals surface area contributed by atoms with Gasteiger partial charge in [-0.15, -0.1) is 10.2 Å². The molecule has 10 nitrogen and oxygen atoms in total. The summed E-state index contributed by atoms with van der Waals surface area (Å²) in [5.41, 5.74) is 3.94. The second kappa shape index (κ2) is 11.7. The number of hydrogen-bond donors (Lipinski definition) is 2. The van der Waals surface area contributed by atoms with E-state index in [9.17, 15) is 9.90 Å². The lowest BCUT2D eigenvalue weighted by Gasteiger charge is -2.09. The van der Waals surface area contributed by atoms with Crippen molar-refractivity contribution in [2.75, 3.05) is 0 Å². The number of unbranched alkanes of at least 4 members (excludes halogenated alkanes) is 1. The number of aliphatic hydroxyl groups is 1. The number of benzene rings is 3. The standard InChI is InChI=1S/C28H29N7O3/c1-2-3-8-26-31-35(25-7-5-4-6-23(25)18-36)28(37)34(26)17-20-11-15-24(16-12-20)38-19-21-9-13-22(14-10-21)27-29-32-33-30-27/h4-7,9-16,36H,2-3,8,17-19H2,1H3,(H,29,30,32,33). The number of tetrazole rings is 1. The Labute approximate surface area is 219 Å². The number of nitrogens with zero attached hydrogens (tertiary/aromatic N) is 6. The minimum absolute atomic E-state index is 0.162. The number of hydrogen-bond acceptors (Lipinski definition) is 7. The van der Waals surface area contributed by atoms with Crippen molar-refractivity contribution in [2.45, 2.75) is 45.9 Å². The molecule has 5 rings (SSSR count). The lowest BCUT2D eigenvalue weighted by molar-refractivity contribution is 0.281. The summed E-state index contributed by atoms with van der Waals surface area (Å²) in [4.78, 5) is 13.4. The zero-order valence-electron chi connectivity index (χ0n) is 21.1. The molecule has 0 bridgehead atoms. The van der Waals surface area contributed by atoms with Crippen LogP contribution in [0, 0.1) is 0 Å². The Hall–Kier alpha value is -4.57. The third kappa shape index (κ3) is 5.55. The van der Waals surface area contributed by atoms with Crippen LogP contribution in [0.2, 0.25) is 0 Å². The van der Waals surface area contributed by atoms with Crippen molar-refractivity contribution in [3.8, 4) is 22.8 Å². The largest absolute Gasteiger partial charge is 0.489 e. The van der Waals surface area contributed by atoms with E-state index in [1.54, 1.807) is 16.7 Å². The molecule has 0 saturated carbocycles. The summed E-state index contributed by atoms with van der Waals surface area (Å²) in [5.74, 6) is 2.09. The first kappa shape index (κ1) is 25.1. The van der Waals surface area contributed by atoms with Crippen LogP contribution in [0.3, 0.4) is 0 Å². The van der Waals surface area contributed by atoms with Crippen LogP contribution in [-0.4, -0.2) is 40.1 Å². The Balaban J connectivity index is 1.29. The fraction of sp³-hybridized carbons (Fsp3) is 0.250. The summed E-state index contributed by atoms with van der Waals surface area (Å²) in [5, 5.41) is 28.2. The molecule has 0 unspecified atom stereocenters. The van der Waals surface area contributed by atoms with Gasteiger partial charge in [0.25, 0.3) is 0 Å². The Bertz CT molecular complexity index is 1520. The van der Waals surface area contributed by atoms with E-state index in [2.05, 4.69) is 32.6 Å². The monoisotopic (exact) mass is 511 g/mol. The molecule has 0 aliphatic carbocycles. The van der Waals surface area contributed by atoms with Crippen molar-refractivity contribution in [2.24, 2.45) is 0 Å². The first-order valence-corrected chi connectivity index (χ1v) is 12.6. The molecule has 3 aromatic carbocycles. The summed E-state index contributed by atoms with van der Waals surface area (Å²) >= 11 is 0. The Morgan fingerprint density at radius 3 is 2.45 bits per heavy atom. The van der Waals surface area contributed by atoms with Crippen LogP contribution in [0.15, 0.2) is 77.6 Å². The summed E-state index contributed by atoms with van der Waals surface area (Å²) in [6.45, 7) is 2.77. The van der Waals surface area contributed by atoms with Crippen molar-refractivity contribution >= 4 is 0 Å². The molecule has 0 amide bonds. The molecule has 10 heteroatoms. The predicted molar refractivity (Wildman–Crippen MR) is 142 cm³/mol. The van der Waals surface area contributed by atoms with E-state index in [1.165, 1.54) is 4.68 Å². The first-order chi connectivity index (χ1) is 18.7. The number of ether oxygens (including phenoxy) is 1. The van der Waals surface area contributed by atoms with Gasteiger partial charge in [0.2, 0.25) is 0 Å². The highest BCUT2D eigenvalue weighted by Crippen LogP contribution is 2.19. The quantitative estimate of drug-likeness (QED) is 0.277. The Morgan fingerprint density at radius 2 is 1.74 bits per heavy atom. The molecular formula is C28H29N7O3. The summed E-state index contributed by atoms with van der Waals surface area (Å²) in [6, 6.07) is 22.9. The average molecular weight is 512 g/mol. The number of aromatic amines is 1. The van der Waals surface area contributed by atoms with Crippen LogP contribution in [0.25, 0.3) is 17.1 Å². The van der Waals surface area contributed by atoms with Gasteiger partial charge in [-0.25, -0.2) is 9.89 Å². The fourth-order valence-corrected chi connectivity index (χ4v) is 4.20. The van der Waals surface area contributed by atoms with E-state index < -0.39 is 0 Å². The van der Waals surface area contributed by atoms with Crippen LogP contribution in [0.1, 0.15) is 42.3 Å². The first-order valence-electron chi connectivity index (χ1n) is 12.6. The van der Waals surface area contributed by atoms with Gasteiger partial charge in [-0.2, -0.15) is 4.68 Å². The van der Waals surface area contributed by atoms with E-state index in [4.69, 9.17) is 4.74 Å². The minimum atomic E-state index is -0.220. The molecule has 5 aromatic rings. The molecule has 2 aromatic heterocycles. The molecule has 2 heterocycles. The van der Waals surface area contributed by atoms with Gasteiger partial charge in [-0.1, -0.05) is 67.9 Å². The maximum Gasteiger partial charge on any atom is 0.351 e. The lowest BCUT2D eigenvalue weighted by Crippen LogP contribution is -2.25. The van der Waals surface area contributed by atoms with Crippen molar-refractivity contribution < 1.29 is 9.84 Å². The number of rotatable bonds is 11. The average Bonchev–Trinajstić information content (AvgIpc) is 3.61. The van der Waals surface area contributed by atoms with Gasteiger partial charge in [-0.3, -0.25) is 4.57 Å². The van der Waals surface area contributed by atoms with E-state index in [0.717, 1.165) is 41.1 Å². The van der Waals surface area contributed by atoms with Gasteiger partial charge in [0.15, 0.2) is 5.82 Å². The van der Waals surface area contributed by atoms with Gasteiger partial charge < -0.3 is 9.84 Å². The van der Waals surface area contributed by atoms with Crippen LogP contribution >= 0.6 is 0 Å². The van der Waals surface area contributed by atoms with Crippen LogP contribution in [-0.2, 0) is 26.2 Å². The summed E-state index contributed by atoms with van der Waals surface area (Å²) in [6.07, 6.45) is 2.63. The number of aromatic nitrogens is 7. The zero-order valence-corrected chi connectivity index (χ0v) is 21.1. The lowest BCUT2D eigenvalue weighted by atomic mass is 10.1. The van der Waals surface area contributed by atoms with Gasteiger partial charge >= 0.3 is 5.69 Å². The molecule has 0 saturated heterocycles. The van der Waals surface area contributed by atoms with Crippen LogP contribution in [0.4, 0.5) is 0 Å². The van der Waals surface area contributed by atoms with Crippen molar-refractivity contribution in [1.29, 1.82) is 0 Å². The highest BCUT2D eigenvalue weighted by atomic mass is 16.5. The number of aliphatic hydroxyl groups excluding tert-OH is 1. The van der Waals surface area contributed by atoms with Crippen LogP contribution < -0.4 is 10.4 Å². The third-order valence-corrected chi connectivity index (χ3v) is 6.33. The second-order valence-corrected chi connectivity index (χ2v) is 8.97. The molecule has 0 radical (unpaired) electrons. The fourth-order valence-electron chi connectivity index (χ4n) is 4.20. The highest BCUT2D eigenvalue weighted by Gasteiger charge is 2.16. The molecule has 0 aliphatic rings. The molecular weight excluding hydrogens is 482 g/mol. The molecule has 38 heavy (non-hydrogen) atoms.